The summed E-state index contributed by atoms with van der Waals surface area (Å²) < 4.78 is 30.5. The van der Waals surface area contributed by atoms with E-state index in [1.807, 2.05) is 0 Å². The van der Waals surface area contributed by atoms with Crippen molar-refractivity contribution >= 4 is 44.9 Å². The maximum atomic E-state index is 11.9. The molecule has 1 amide bonds. The van der Waals surface area contributed by atoms with Crippen LogP contribution in [0.5, 0.6) is 0 Å². The van der Waals surface area contributed by atoms with Crippen molar-refractivity contribution in [3.05, 3.63) is 28.8 Å². The number of primary amides is 1. The summed E-state index contributed by atoms with van der Waals surface area (Å²) in [5.74, 6) is 0. The second-order valence-electron chi connectivity index (χ2n) is 3.57. The minimum atomic E-state index is -3.83. The first-order chi connectivity index (χ1) is 9.24. The Balaban J connectivity index is 2.82. The Bertz CT molecular complexity index is 633. The quantitative estimate of drug-likeness (QED) is 0.508. The fraction of sp³-hybridized carbons (Fsp3) is 0.200. The van der Waals surface area contributed by atoms with E-state index < -0.39 is 16.1 Å². The highest BCUT2D eigenvalue weighted by Crippen LogP contribution is 2.22. The third-order valence-corrected chi connectivity index (χ3v) is 4.32. The topological polar surface area (TPSA) is 125 Å². The van der Waals surface area contributed by atoms with E-state index in [0.717, 1.165) is 0 Å². The lowest BCUT2D eigenvalue weighted by Crippen LogP contribution is -2.29. The molecule has 20 heavy (non-hydrogen) atoms. The molecule has 110 valence electrons. The van der Waals surface area contributed by atoms with E-state index in [1.54, 1.807) is 0 Å². The van der Waals surface area contributed by atoms with Crippen LogP contribution in [0.4, 0.5) is 4.79 Å². The van der Waals surface area contributed by atoms with Crippen molar-refractivity contribution in [2.24, 2.45) is 11.5 Å². The van der Waals surface area contributed by atoms with Gasteiger partial charge in [-0.3, -0.25) is 0 Å². The fourth-order valence-electron chi connectivity index (χ4n) is 1.28. The first-order valence-corrected chi connectivity index (χ1v) is 7.52. The van der Waals surface area contributed by atoms with Crippen LogP contribution >= 0.6 is 23.8 Å². The van der Waals surface area contributed by atoms with Gasteiger partial charge in [0.15, 0.2) is 0 Å². The van der Waals surface area contributed by atoms with Crippen molar-refractivity contribution in [2.45, 2.75) is 4.90 Å². The summed E-state index contributed by atoms with van der Waals surface area (Å²) in [6.07, 6.45) is -0.983. The van der Waals surface area contributed by atoms with Crippen LogP contribution in [0.2, 0.25) is 5.02 Å². The van der Waals surface area contributed by atoms with Crippen LogP contribution in [0, 0.1) is 0 Å². The smallest absolute Gasteiger partial charge is 0.404 e. The molecule has 0 saturated carbocycles. The fourth-order valence-corrected chi connectivity index (χ4v) is 2.96. The number of hydrogen-bond donors (Lipinski definition) is 3. The zero-order valence-electron chi connectivity index (χ0n) is 10.1. The Morgan fingerprint density at radius 2 is 2.05 bits per heavy atom. The standard InChI is InChI=1S/C10H12ClN3O4S2/c11-7-5-6(9(12)19)1-2-8(7)20(16,17)14-3-4-18-10(13)15/h1-2,5,14H,3-4H2,(H2,12,19)(H2,13,15). The van der Waals surface area contributed by atoms with Crippen molar-refractivity contribution in [1.29, 1.82) is 0 Å². The minimum absolute atomic E-state index is 0.0152. The molecule has 10 heteroatoms. The number of carbonyl (C=O) groups excluding carboxylic acids is 1. The summed E-state index contributed by atoms with van der Waals surface area (Å²) in [5.41, 5.74) is 10.6. The van der Waals surface area contributed by atoms with Crippen LogP contribution in [0.25, 0.3) is 0 Å². The summed E-state index contributed by atoms with van der Waals surface area (Å²) in [6, 6.07) is 4.09. The molecule has 1 aromatic rings. The van der Waals surface area contributed by atoms with E-state index in [9.17, 15) is 13.2 Å². The highest BCUT2D eigenvalue weighted by atomic mass is 35.5. The molecule has 7 nitrogen and oxygen atoms in total. The van der Waals surface area contributed by atoms with Crippen LogP contribution in [-0.4, -0.2) is 32.7 Å². The van der Waals surface area contributed by atoms with Gasteiger partial charge in [-0.1, -0.05) is 29.9 Å². The first-order valence-electron chi connectivity index (χ1n) is 5.25. The second-order valence-corrected chi connectivity index (χ2v) is 6.16. The molecule has 1 aromatic carbocycles. The molecule has 0 aliphatic rings. The average Bonchev–Trinajstić information content (AvgIpc) is 2.34. The number of hydrogen-bond acceptors (Lipinski definition) is 5. The maximum Gasteiger partial charge on any atom is 0.404 e. The van der Waals surface area contributed by atoms with Crippen LogP contribution in [0.1, 0.15) is 5.56 Å². The molecule has 0 fully saturated rings. The Kier molecular flexibility index (Phi) is 5.69. The Hall–Kier alpha value is -1.42. The lowest BCUT2D eigenvalue weighted by atomic mass is 10.2. The molecule has 0 aromatic heterocycles. The molecule has 0 spiro atoms. The van der Waals surface area contributed by atoms with Crippen molar-refractivity contribution in [2.75, 3.05) is 13.2 Å². The molecular weight excluding hydrogens is 326 g/mol. The highest BCUT2D eigenvalue weighted by molar-refractivity contribution is 7.89. The molecule has 0 aliphatic heterocycles. The predicted octanol–water partition coefficient (Wildman–Crippen LogP) is 0.348. The number of thiocarbonyl (C=S) groups is 1. The number of sulfonamides is 1. The number of halogens is 1. The van der Waals surface area contributed by atoms with E-state index in [0.29, 0.717) is 5.56 Å². The van der Waals surface area contributed by atoms with E-state index in [-0.39, 0.29) is 28.1 Å². The molecule has 5 N–H and O–H groups in total. The largest absolute Gasteiger partial charge is 0.448 e. The van der Waals surface area contributed by atoms with Crippen LogP contribution < -0.4 is 16.2 Å². The van der Waals surface area contributed by atoms with Crippen LogP contribution in [0.15, 0.2) is 23.1 Å². The van der Waals surface area contributed by atoms with Gasteiger partial charge in [0.25, 0.3) is 0 Å². The Morgan fingerprint density at radius 3 is 2.55 bits per heavy atom. The number of rotatable bonds is 6. The van der Waals surface area contributed by atoms with E-state index in [1.165, 1.54) is 18.2 Å². The van der Waals surface area contributed by atoms with Crippen molar-refractivity contribution < 1.29 is 17.9 Å². The van der Waals surface area contributed by atoms with Gasteiger partial charge in [0, 0.05) is 12.1 Å². The first kappa shape index (κ1) is 16.6. The molecule has 0 aliphatic carbocycles. The molecule has 0 atom stereocenters. The van der Waals surface area contributed by atoms with Gasteiger partial charge in [0.2, 0.25) is 10.0 Å². The predicted molar refractivity (Wildman–Crippen MR) is 78.1 cm³/mol. The lowest BCUT2D eigenvalue weighted by molar-refractivity contribution is 0.159. The lowest BCUT2D eigenvalue weighted by Gasteiger charge is -2.09. The molecular formula is C10H12ClN3O4S2. The monoisotopic (exact) mass is 337 g/mol. The number of nitrogens with two attached hydrogens (primary N) is 2. The zero-order chi connectivity index (χ0) is 15.3. The third kappa shape index (κ3) is 4.60. The van der Waals surface area contributed by atoms with Gasteiger partial charge < -0.3 is 16.2 Å². The van der Waals surface area contributed by atoms with E-state index in [4.69, 9.17) is 35.3 Å². The van der Waals surface area contributed by atoms with Gasteiger partial charge in [-0.15, -0.1) is 0 Å². The van der Waals surface area contributed by atoms with Gasteiger partial charge in [-0.2, -0.15) is 0 Å². The molecule has 0 saturated heterocycles. The van der Waals surface area contributed by atoms with Gasteiger partial charge in [0.1, 0.15) is 16.5 Å². The summed E-state index contributed by atoms with van der Waals surface area (Å²) in [6.45, 7) is -0.310. The van der Waals surface area contributed by atoms with E-state index in [2.05, 4.69) is 9.46 Å². The Morgan fingerprint density at radius 1 is 1.40 bits per heavy atom. The van der Waals surface area contributed by atoms with Gasteiger partial charge in [-0.25, -0.2) is 17.9 Å². The normalized spacial score (nSPS) is 11.1. The molecule has 0 unspecified atom stereocenters. The van der Waals surface area contributed by atoms with Gasteiger partial charge in [-0.05, 0) is 12.1 Å². The summed E-state index contributed by atoms with van der Waals surface area (Å²) in [7, 11) is -3.83. The highest BCUT2D eigenvalue weighted by Gasteiger charge is 2.18. The average molecular weight is 338 g/mol. The SMILES string of the molecule is NC(=O)OCCNS(=O)(=O)c1ccc(C(N)=S)cc1Cl. The minimum Gasteiger partial charge on any atom is -0.448 e. The Labute approximate surface area is 126 Å². The molecule has 1 rings (SSSR count). The summed E-state index contributed by atoms with van der Waals surface area (Å²) >= 11 is 10.6. The number of nitrogens with one attached hydrogen (secondary N) is 1. The van der Waals surface area contributed by atoms with Crippen LogP contribution in [-0.2, 0) is 14.8 Å². The molecule has 0 heterocycles. The number of benzene rings is 1. The van der Waals surface area contributed by atoms with E-state index >= 15 is 0 Å². The van der Waals surface area contributed by atoms with Crippen molar-refractivity contribution in [3.63, 3.8) is 0 Å². The molecule has 0 radical (unpaired) electrons. The van der Waals surface area contributed by atoms with Crippen molar-refractivity contribution in [1.82, 2.24) is 4.72 Å². The summed E-state index contributed by atoms with van der Waals surface area (Å²) in [4.78, 5) is 10.3. The number of ether oxygens (including phenoxy) is 1. The zero-order valence-corrected chi connectivity index (χ0v) is 12.5. The van der Waals surface area contributed by atoms with Crippen LogP contribution in [0.3, 0.4) is 0 Å². The second kappa shape index (κ2) is 6.84. The van der Waals surface area contributed by atoms with Gasteiger partial charge >= 0.3 is 6.09 Å². The molecule has 0 bridgehead atoms. The third-order valence-electron chi connectivity index (χ3n) is 2.14. The number of amides is 1. The maximum absolute atomic E-state index is 11.9. The summed E-state index contributed by atoms with van der Waals surface area (Å²) in [5, 5.41) is -0.0152. The van der Waals surface area contributed by atoms with Gasteiger partial charge in [0.05, 0.1) is 5.02 Å². The number of carbonyl (C=O) groups is 1. The van der Waals surface area contributed by atoms with Crippen molar-refractivity contribution in [3.8, 4) is 0 Å².